The van der Waals surface area contributed by atoms with E-state index in [2.05, 4.69) is 13.8 Å². The van der Waals surface area contributed by atoms with Gasteiger partial charge in [-0.2, -0.15) is 0 Å². The molecule has 0 aliphatic heterocycles. The maximum absolute atomic E-state index is 12.6. The van der Waals surface area contributed by atoms with Crippen molar-refractivity contribution in [2.75, 3.05) is 20.2 Å². The van der Waals surface area contributed by atoms with Crippen LogP contribution in [0, 0.1) is 5.92 Å². The van der Waals surface area contributed by atoms with E-state index in [1.165, 1.54) is 0 Å². The number of benzene rings is 1. The number of hydrogen-bond acceptors (Lipinski definition) is 3. The SMILES string of the molecule is CCOC(C(=O)N(C)CCC(N)C(C)C)c1ccccc1.Cl. The minimum Gasteiger partial charge on any atom is -0.364 e. The Hall–Kier alpha value is -1.10. The van der Waals surface area contributed by atoms with Gasteiger partial charge < -0.3 is 15.4 Å². The van der Waals surface area contributed by atoms with Gasteiger partial charge in [-0.05, 0) is 24.8 Å². The number of carbonyl (C=O) groups is 1. The number of hydrogen-bond donors (Lipinski definition) is 1. The molecule has 2 unspecified atom stereocenters. The Bertz CT molecular complexity index is 426. The van der Waals surface area contributed by atoms with Crippen molar-refractivity contribution in [2.45, 2.75) is 39.3 Å². The van der Waals surface area contributed by atoms with Gasteiger partial charge in [0.25, 0.3) is 5.91 Å². The molecule has 0 saturated carbocycles. The predicted octanol–water partition coefficient (Wildman–Crippen LogP) is 3.02. The summed E-state index contributed by atoms with van der Waals surface area (Å²) in [6.45, 7) is 7.25. The van der Waals surface area contributed by atoms with E-state index in [4.69, 9.17) is 10.5 Å². The van der Waals surface area contributed by atoms with Crippen LogP contribution in [-0.2, 0) is 9.53 Å². The Morgan fingerprint density at radius 2 is 1.86 bits per heavy atom. The average molecular weight is 329 g/mol. The fourth-order valence-corrected chi connectivity index (χ4v) is 2.09. The Kier molecular flexibility index (Phi) is 10.1. The zero-order valence-electron chi connectivity index (χ0n) is 14.0. The average Bonchev–Trinajstić information content (AvgIpc) is 2.49. The summed E-state index contributed by atoms with van der Waals surface area (Å²) in [5.74, 6) is 0.407. The van der Waals surface area contributed by atoms with Gasteiger partial charge >= 0.3 is 0 Å². The van der Waals surface area contributed by atoms with Crippen molar-refractivity contribution < 1.29 is 9.53 Å². The van der Waals surface area contributed by atoms with Crippen LogP contribution >= 0.6 is 12.4 Å². The third-order valence-electron chi connectivity index (χ3n) is 3.69. The number of halogens is 1. The normalized spacial score (nSPS) is 13.4. The molecule has 2 atom stereocenters. The Balaban J connectivity index is 0.00000441. The molecule has 0 heterocycles. The molecule has 4 nitrogen and oxygen atoms in total. The van der Waals surface area contributed by atoms with E-state index in [9.17, 15) is 4.79 Å². The predicted molar refractivity (Wildman–Crippen MR) is 93.1 cm³/mol. The van der Waals surface area contributed by atoms with Crippen LogP contribution < -0.4 is 5.73 Å². The molecule has 0 bridgehead atoms. The summed E-state index contributed by atoms with van der Waals surface area (Å²) in [6.07, 6.45) is 0.268. The van der Waals surface area contributed by atoms with Crippen LogP contribution in [0.15, 0.2) is 30.3 Å². The Morgan fingerprint density at radius 1 is 1.27 bits per heavy atom. The number of carbonyl (C=O) groups excluding carboxylic acids is 1. The fourth-order valence-electron chi connectivity index (χ4n) is 2.09. The van der Waals surface area contributed by atoms with Crippen LogP contribution in [0.1, 0.15) is 38.9 Å². The van der Waals surface area contributed by atoms with Crippen LogP contribution in [-0.4, -0.2) is 37.0 Å². The lowest BCUT2D eigenvalue weighted by atomic mass is 10.0. The van der Waals surface area contributed by atoms with E-state index in [0.717, 1.165) is 12.0 Å². The lowest BCUT2D eigenvalue weighted by Gasteiger charge is -2.26. The third-order valence-corrected chi connectivity index (χ3v) is 3.69. The van der Waals surface area contributed by atoms with E-state index >= 15 is 0 Å². The lowest BCUT2D eigenvalue weighted by Crippen LogP contribution is -2.37. The molecule has 1 aromatic carbocycles. The number of likely N-dealkylation sites (N-methyl/N-ethyl adjacent to an activating group) is 1. The lowest BCUT2D eigenvalue weighted by molar-refractivity contribution is -0.142. The molecule has 1 rings (SSSR count). The molecule has 0 aliphatic carbocycles. The number of nitrogens with two attached hydrogens (primary N) is 1. The van der Waals surface area contributed by atoms with Crippen LogP contribution in [0.2, 0.25) is 0 Å². The van der Waals surface area contributed by atoms with Crippen molar-refractivity contribution >= 4 is 18.3 Å². The van der Waals surface area contributed by atoms with Crippen molar-refractivity contribution in [3.8, 4) is 0 Å². The van der Waals surface area contributed by atoms with Crippen LogP contribution in [0.5, 0.6) is 0 Å². The number of amides is 1. The summed E-state index contributed by atoms with van der Waals surface area (Å²) < 4.78 is 5.64. The first-order valence-corrected chi connectivity index (χ1v) is 7.64. The summed E-state index contributed by atoms with van der Waals surface area (Å²) in [7, 11) is 1.81. The molecule has 0 saturated heterocycles. The van der Waals surface area contributed by atoms with Crippen molar-refractivity contribution in [1.29, 1.82) is 0 Å². The van der Waals surface area contributed by atoms with E-state index < -0.39 is 6.10 Å². The van der Waals surface area contributed by atoms with E-state index in [-0.39, 0.29) is 24.4 Å². The van der Waals surface area contributed by atoms with E-state index in [0.29, 0.717) is 19.1 Å². The van der Waals surface area contributed by atoms with Crippen LogP contribution in [0.25, 0.3) is 0 Å². The second-order valence-corrected chi connectivity index (χ2v) is 5.70. The maximum atomic E-state index is 12.6. The zero-order chi connectivity index (χ0) is 15.8. The molecule has 0 aromatic heterocycles. The first kappa shape index (κ1) is 20.9. The molecule has 0 spiro atoms. The molecule has 5 heteroatoms. The molecule has 1 amide bonds. The summed E-state index contributed by atoms with van der Waals surface area (Å²) in [6, 6.07) is 9.73. The third kappa shape index (κ3) is 6.34. The second kappa shape index (κ2) is 10.6. The van der Waals surface area contributed by atoms with Gasteiger partial charge in [0, 0.05) is 26.2 Å². The first-order valence-electron chi connectivity index (χ1n) is 7.64. The van der Waals surface area contributed by atoms with Gasteiger partial charge in [0.05, 0.1) is 0 Å². The van der Waals surface area contributed by atoms with Crippen LogP contribution in [0.3, 0.4) is 0 Å². The van der Waals surface area contributed by atoms with Gasteiger partial charge in [-0.15, -0.1) is 12.4 Å². The molecule has 1 aromatic rings. The summed E-state index contributed by atoms with van der Waals surface area (Å²) in [5, 5.41) is 0. The molecule has 0 radical (unpaired) electrons. The highest BCUT2D eigenvalue weighted by Gasteiger charge is 2.24. The topological polar surface area (TPSA) is 55.6 Å². The highest BCUT2D eigenvalue weighted by atomic mass is 35.5. The summed E-state index contributed by atoms with van der Waals surface area (Å²) in [5.41, 5.74) is 6.93. The van der Waals surface area contributed by atoms with Gasteiger partial charge in [-0.25, -0.2) is 0 Å². The minimum absolute atomic E-state index is 0. The van der Waals surface area contributed by atoms with Gasteiger partial charge in [0.15, 0.2) is 6.10 Å². The monoisotopic (exact) mass is 328 g/mol. The van der Waals surface area contributed by atoms with Crippen molar-refractivity contribution in [3.63, 3.8) is 0 Å². The summed E-state index contributed by atoms with van der Waals surface area (Å²) >= 11 is 0. The second-order valence-electron chi connectivity index (χ2n) is 5.70. The quantitative estimate of drug-likeness (QED) is 0.798. The highest BCUT2D eigenvalue weighted by Crippen LogP contribution is 2.20. The largest absolute Gasteiger partial charge is 0.364 e. The smallest absolute Gasteiger partial charge is 0.256 e. The maximum Gasteiger partial charge on any atom is 0.256 e. The van der Waals surface area contributed by atoms with Crippen molar-refractivity contribution in [2.24, 2.45) is 11.7 Å². The fraction of sp³-hybridized carbons (Fsp3) is 0.588. The molecular weight excluding hydrogens is 300 g/mol. The summed E-state index contributed by atoms with van der Waals surface area (Å²) in [4.78, 5) is 14.3. The standard InChI is InChI=1S/C17H28N2O2.ClH/c1-5-21-16(14-9-7-6-8-10-14)17(20)19(4)12-11-15(18)13(2)3;/h6-10,13,15-16H,5,11-12,18H2,1-4H3;1H. The first-order chi connectivity index (χ1) is 9.97. The van der Waals surface area contributed by atoms with E-state index in [1.807, 2.05) is 44.3 Å². The van der Waals surface area contributed by atoms with Crippen molar-refractivity contribution in [3.05, 3.63) is 35.9 Å². The van der Waals surface area contributed by atoms with Gasteiger partial charge in [0.1, 0.15) is 0 Å². The molecule has 0 fully saturated rings. The minimum atomic E-state index is -0.531. The number of nitrogens with zero attached hydrogens (tertiary/aromatic N) is 1. The van der Waals surface area contributed by atoms with E-state index in [1.54, 1.807) is 4.90 Å². The molecular formula is C17H29ClN2O2. The number of rotatable bonds is 8. The van der Waals surface area contributed by atoms with Gasteiger partial charge in [-0.1, -0.05) is 44.2 Å². The Labute approximate surface area is 140 Å². The van der Waals surface area contributed by atoms with Gasteiger partial charge in [0.2, 0.25) is 0 Å². The van der Waals surface area contributed by atoms with Gasteiger partial charge in [-0.3, -0.25) is 4.79 Å². The zero-order valence-corrected chi connectivity index (χ0v) is 14.8. The molecule has 0 aliphatic rings. The highest BCUT2D eigenvalue weighted by molar-refractivity contribution is 5.85. The molecule has 2 N–H and O–H groups in total. The van der Waals surface area contributed by atoms with Crippen molar-refractivity contribution in [1.82, 2.24) is 4.90 Å². The Morgan fingerprint density at radius 3 is 2.36 bits per heavy atom. The van der Waals surface area contributed by atoms with Crippen LogP contribution in [0.4, 0.5) is 0 Å². The molecule has 126 valence electrons. The molecule has 22 heavy (non-hydrogen) atoms. The number of ether oxygens (including phenoxy) is 1.